The standard InChI is InChI=1S/C37H48O2S2/c1-20(2)29-19-35(21(3)10-36(29)40)39-41(38)37-33(31-15-23-5-8-26(31)12-23)17-28(30-14-22-4-7-25(30)11-22)18-34(37)32-16-24-6-9-27(32)13-24/h10,17-20,22-27,30-32,40H,4-9,11-16H2,1-3H3. The zero-order valence-electron chi connectivity index (χ0n) is 25.2. The number of rotatable bonds is 7. The molecule has 0 N–H and O–H groups in total. The third-order valence-corrected chi connectivity index (χ3v) is 14.4. The van der Waals surface area contributed by atoms with E-state index in [2.05, 4.69) is 45.0 Å². The fraction of sp³-hybridized carbons (Fsp3) is 0.676. The molecule has 6 aliphatic rings. The molecule has 2 nitrogen and oxygen atoms in total. The topological polar surface area (TPSA) is 26.3 Å². The van der Waals surface area contributed by atoms with Crippen molar-refractivity contribution in [1.82, 2.24) is 0 Å². The summed E-state index contributed by atoms with van der Waals surface area (Å²) >= 11 is 3.23. The Morgan fingerprint density at radius 1 is 0.732 bits per heavy atom. The van der Waals surface area contributed by atoms with Gasteiger partial charge >= 0.3 is 0 Å². The van der Waals surface area contributed by atoms with Gasteiger partial charge in [0.15, 0.2) is 0 Å². The number of hydrogen-bond acceptors (Lipinski definition) is 3. The van der Waals surface area contributed by atoms with E-state index in [1.165, 1.54) is 93.7 Å². The molecule has 0 aromatic heterocycles. The van der Waals surface area contributed by atoms with Crippen molar-refractivity contribution < 1.29 is 8.39 Å². The molecule has 0 saturated heterocycles. The molecule has 2 aromatic rings. The van der Waals surface area contributed by atoms with Gasteiger partial charge < -0.3 is 4.18 Å². The maximum absolute atomic E-state index is 14.7. The first-order chi connectivity index (χ1) is 19.8. The van der Waals surface area contributed by atoms with Crippen LogP contribution in [0.25, 0.3) is 0 Å². The van der Waals surface area contributed by atoms with E-state index >= 15 is 0 Å². The highest BCUT2D eigenvalue weighted by Gasteiger charge is 2.47. The molecule has 41 heavy (non-hydrogen) atoms. The summed E-state index contributed by atoms with van der Waals surface area (Å²) < 4.78 is 21.3. The first kappa shape index (κ1) is 27.3. The largest absolute Gasteiger partial charge is 0.397 e. The molecule has 220 valence electrons. The monoisotopic (exact) mass is 588 g/mol. The van der Waals surface area contributed by atoms with E-state index < -0.39 is 11.1 Å². The Balaban J connectivity index is 1.26. The average Bonchev–Trinajstić information content (AvgIpc) is 3.81. The van der Waals surface area contributed by atoms with Gasteiger partial charge in [-0.2, -0.15) is 0 Å². The van der Waals surface area contributed by atoms with Crippen LogP contribution in [-0.2, 0) is 11.1 Å². The summed E-state index contributed by atoms with van der Waals surface area (Å²) in [7, 11) is 0. The number of benzene rings is 2. The molecule has 2 aromatic carbocycles. The molecule has 6 bridgehead atoms. The molecule has 6 saturated carbocycles. The Morgan fingerprint density at radius 3 is 1.68 bits per heavy atom. The van der Waals surface area contributed by atoms with Crippen LogP contribution in [0.15, 0.2) is 34.1 Å². The van der Waals surface area contributed by atoms with Crippen molar-refractivity contribution in [2.75, 3.05) is 0 Å². The molecule has 4 heteroatoms. The van der Waals surface area contributed by atoms with Gasteiger partial charge in [0, 0.05) is 4.90 Å². The van der Waals surface area contributed by atoms with Gasteiger partial charge in [0.25, 0.3) is 0 Å². The maximum atomic E-state index is 14.7. The molecule has 6 fully saturated rings. The van der Waals surface area contributed by atoms with E-state index in [9.17, 15) is 4.21 Å². The molecule has 0 spiro atoms. The minimum Gasteiger partial charge on any atom is -0.397 e. The summed E-state index contributed by atoms with van der Waals surface area (Å²) in [4.78, 5) is 2.09. The molecule has 0 aliphatic heterocycles. The quantitative estimate of drug-likeness (QED) is 0.326. The van der Waals surface area contributed by atoms with Crippen LogP contribution in [0.1, 0.15) is 142 Å². The van der Waals surface area contributed by atoms with Crippen LogP contribution in [0, 0.1) is 42.4 Å². The summed E-state index contributed by atoms with van der Waals surface area (Å²) in [5.74, 6) is 7.98. The predicted octanol–water partition coefficient (Wildman–Crippen LogP) is 10.2. The van der Waals surface area contributed by atoms with Crippen molar-refractivity contribution in [1.29, 1.82) is 0 Å². The maximum Gasteiger partial charge on any atom is 0.241 e. The summed E-state index contributed by atoms with van der Waals surface area (Å²) in [5.41, 5.74) is 6.65. The van der Waals surface area contributed by atoms with Crippen LogP contribution in [0.2, 0.25) is 0 Å². The highest BCUT2D eigenvalue weighted by molar-refractivity contribution is 7.80. The lowest BCUT2D eigenvalue weighted by molar-refractivity contribution is 0.395. The van der Waals surface area contributed by atoms with E-state index in [0.717, 1.165) is 56.6 Å². The summed E-state index contributed by atoms with van der Waals surface area (Å²) in [6, 6.07) is 9.38. The third kappa shape index (κ3) is 4.68. The molecule has 10 atom stereocenters. The van der Waals surface area contributed by atoms with E-state index in [1.54, 1.807) is 5.56 Å². The van der Waals surface area contributed by atoms with E-state index in [-0.39, 0.29) is 0 Å². The van der Waals surface area contributed by atoms with Crippen LogP contribution >= 0.6 is 12.6 Å². The van der Waals surface area contributed by atoms with E-state index in [1.807, 2.05) is 0 Å². The van der Waals surface area contributed by atoms with Crippen molar-refractivity contribution in [3.05, 3.63) is 52.1 Å². The van der Waals surface area contributed by atoms with Crippen molar-refractivity contribution in [3.63, 3.8) is 0 Å². The van der Waals surface area contributed by atoms with Gasteiger partial charge in [-0.25, -0.2) is 4.21 Å². The molecule has 0 radical (unpaired) electrons. The van der Waals surface area contributed by atoms with Crippen molar-refractivity contribution in [2.24, 2.45) is 35.5 Å². The second-order valence-corrected chi connectivity index (χ2v) is 17.0. The van der Waals surface area contributed by atoms with E-state index in [4.69, 9.17) is 16.8 Å². The molecule has 0 amide bonds. The lowest BCUT2D eigenvalue weighted by atomic mass is 9.75. The predicted molar refractivity (Wildman–Crippen MR) is 171 cm³/mol. The normalized spacial score (nSPS) is 37.5. The number of fused-ring (bicyclic) bond motifs is 6. The van der Waals surface area contributed by atoms with Crippen LogP contribution < -0.4 is 4.18 Å². The van der Waals surface area contributed by atoms with Gasteiger partial charge in [0.05, 0.1) is 4.90 Å². The molecular formula is C37H48O2S2. The molecular weight excluding hydrogens is 541 g/mol. The molecule has 6 aliphatic carbocycles. The average molecular weight is 589 g/mol. The SMILES string of the molecule is Cc1cc(S)c(C(C)C)cc1OS(=O)c1c(C2CC3CCC2C3)cc(C2CC3CCC2C3)cc1C1CC2CCC1C2. The summed E-state index contributed by atoms with van der Waals surface area (Å²) in [6.07, 6.45) is 16.5. The smallest absolute Gasteiger partial charge is 0.241 e. The second kappa shape index (κ2) is 10.4. The fourth-order valence-corrected chi connectivity index (χ4v) is 12.7. The summed E-state index contributed by atoms with van der Waals surface area (Å²) in [6.45, 7) is 6.46. The highest BCUT2D eigenvalue weighted by Crippen LogP contribution is 2.59. The Labute approximate surface area is 255 Å². The Bertz CT molecular complexity index is 1330. The van der Waals surface area contributed by atoms with Gasteiger partial charge in [-0.05, 0) is 164 Å². The Kier molecular flexibility index (Phi) is 6.94. The third-order valence-electron chi connectivity index (χ3n) is 12.9. The lowest BCUT2D eigenvalue weighted by Crippen LogP contribution is -2.20. The first-order valence-electron chi connectivity index (χ1n) is 16.9. The van der Waals surface area contributed by atoms with E-state index in [0.29, 0.717) is 23.7 Å². The van der Waals surface area contributed by atoms with Gasteiger partial charge in [-0.1, -0.05) is 45.2 Å². The van der Waals surface area contributed by atoms with Crippen LogP contribution in [0.4, 0.5) is 0 Å². The van der Waals surface area contributed by atoms with Gasteiger partial charge in [-0.15, -0.1) is 12.6 Å². The summed E-state index contributed by atoms with van der Waals surface area (Å²) in [5, 5.41) is 0. The fourth-order valence-electron chi connectivity index (χ4n) is 10.9. The zero-order valence-corrected chi connectivity index (χ0v) is 27.0. The minimum absolute atomic E-state index is 0.342. The second-order valence-electron chi connectivity index (χ2n) is 15.5. The number of hydrogen-bond donors (Lipinski definition) is 1. The minimum atomic E-state index is -1.53. The highest BCUT2D eigenvalue weighted by atomic mass is 32.2. The number of thiol groups is 1. The zero-order chi connectivity index (χ0) is 28.0. The van der Waals surface area contributed by atoms with Crippen molar-refractivity contribution >= 4 is 23.7 Å². The Morgan fingerprint density at radius 2 is 1.24 bits per heavy atom. The molecule has 8 rings (SSSR count). The molecule has 10 unspecified atom stereocenters. The number of aryl methyl sites for hydroxylation is 1. The van der Waals surface area contributed by atoms with Crippen LogP contribution in [0.5, 0.6) is 5.75 Å². The van der Waals surface area contributed by atoms with Crippen molar-refractivity contribution in [2.45, 2.75) is 131 Å². The first-order valence-corrected chi connectivity index (χ1v) is 18.5. The van der Waals surface area contributed by atoms with Gasteiger partial charge in [0.2, 0.25) is 11.1 Å². The Hall–Kier alpha value is -1.26. The van der Waals surface area contributed by atoms with Crippen LogP contribution in [0.3, 0.4) is 0 Å². The van der Waals surface area contributed by atoms with Crippen LogP contribution in [-0.4, -0.2) is 4.21 Å². The molecule has 0 heterocycles. The van der Waals surface area contributed by atoms with Gasteiger partial charge in [0.1, 0.15) is 5.75 Å². The van der Waals surface area contributed by atoms with Crippen molar-refractivity contribution in [3.8, 4) is 5.75 Å². The lowest BCUT2D eigenvalue weighted by Gasteiger charge is -2.32. The van der Waals surface area contributed by atoms with Gasteiger partial charge in [-0.3, -0.25) is 0 Å².